The van der Waals surface area contributed by atoms with Crippen molar-refractivity contribution in [2.24, 2.45) is 0 Å². The number of nitrogens with zero attached hydrogens (tertiary/aromatic N) is 2. The number of hydrogen-bond donors (Lipinski definition) is 1. The number of hydrogen-bond acceptors (Lipinski definition) is 5. The molecule has 0 unspecified atom stereocenters. The summed E-state index contributed by atoms with van der Waals surface area (Å²) < 4.78 is 0. The Morgan fingerprint density at radius 2 is 1.68 bits per heavy atom. The van der Waals surface area contributed by atoms with E-state index in [-0.39, 0.29) is 5.69 Å². The molecule has 22 heavy (non-hydrogen) atoms. The van der Waals surface area contributed by atoms with Crippen molar-refractivity contribution in [3.8, 4) is 0 Å². The van der Waals surface area contributed by atoms with E-state index in [2.05, 4.69) is 29.2 Å². The Kier molecular flexibility index (Phi) is 4.06. The fraction of sp³-hybridized carbons (Fsp3) is 0.294. The van der Waals surface area contributed by atoms with Crippen molar-refractivity contribution in [2.75, 3.05) is 43.4 Å². The fourth-order valence-electron chi connectivity index (χ4n) is 2.77. The van der Waals surface area contributed by atoms with Gasteiger partial charge in [-0.15, -0.1) is 0 Å². The minimum atomic E-state index is -0.539. The molecule has 1 heterocycles. The van der Waals surface area contributed by atoms with Crippen molar-refractivity contribution in [1.29, 1.82) is 0 Å². The molecule has 1 aliphatic rings. The molecule has 5 heteroatoms. The summed E-state index contributed by atoms with van der Waals surface area (Å²) in [6, 6.07) is 10.2. The molecule has 3 rings (SSSR count). The minimum absolute atomic E-state index is 0.127. The number of benzene rings is 1. The summed E-state index contributed by atoms with van der Waals surface area (Å²) in [6.07, 6.45) is 4.26. The average molecular weight is 297 g/mol. The third-order valence-electron chi connectivity index (χ3n) is 4.08. The molecular formula is C17H19N3O2. The highest BCUT2D eigenvalue weighted by molar-refractivity contribution is 5.72. The van der Waals surface area contributed by atoms with Gasteiger partial charge in [0.25, 0.3) is 10.9 Å². The van der Waals surface area contributed by atoms with Crippen LogP contribution in [0.25, 0.3) is 6.08 Å². The maximum absolute atomic E-state index is 11.5. The van der Waals surface area contributed by atoms with Crippen LogP contribution in [0.2, 0.25) is 0 Å². The highest BCUT2D eigenvalue weighted by Crippen LogP contribution is 2.18. The second kappa shape index (κ2) is 6.15. The van der Waals surface area contributed by atoms with Gasteiger partial charge in [0.15, 0.2) is 0 Å². The summed E-state index contributed by atoms with van der Waals surface area (Å²) in [4.78, 5) is 26.9. The molecule has 0 spiro atoms. The van der Waals surface area contributed by atoms with Crippen molar-refractivity contribution >= 4 is 17.5 Å². The molecule has 0 saturated carbocycles. The quantitative estimate of drug-likeness (QED) is 0.842. The zero-order chi connectivity index (χ0) is 15.5. The highest BCUT2D eigenvalue weighted by atomic mass is 16.2. The third-order valence-corrected chi connectivity index (χ3v) is 4.08. The fourth-order valence-corrected chi connectivity index (χ4v) is 2.77. The van der Waals surface area contributed by atoms with Gasteiger partial charge in [-0.1, -0.05) is 42.5 Å². The maximum atomic E-state index is 11.5. The van der Waals surface area contributed by atoms with E-state index in [9.17, 15) is 9.59 Å². The molecule has 0 aromatic heterocycles. The highest BCUT2D eigenvalue weighted by Gasteiger charge is 2.26. The lowest BCUT2D eigenvalue weighted by atomic mass is 10.1. The molecule has 1 saturated heterocycles. The standard InChI is InChI=1S/C17H19N3O2/c18-14-15(17(22)16(14)21)20-11-9-19(10-12-20)8-4-7-13-5-2-1-3-6-13/h1-7H,8-12,18H2/b7-4+. The summed E-state index contributed by atoms with van der Waals surface area (Å²) in [5, 5.41) is 0. The predicted molar refractivity (Wildman–Crippen MR) is 89.9 cm³/mol. The van der Waals surface area contributed by atoms with Crippen molar-refractivity contribution in [3.05, 3.63) is 62.4 Å². The zero-order valence-electron chi connectivity index (χ0n) is 12.4. The van der Waals surface area contributed by atoms with E-state index < -0.39 is 10.9 Å². The third kappa shape index (κ3) is 2.80. The van der Waals surface area contributed by atoms with Gasteiger partial charge in [0.1, 0.15) is 11.4 Å². The zero-order valence-corrected chi connectivity index (χ0v) is 12.4. The Hall–Kier alpha value is -2.40. The maximum Gasteiger partial charge on any atom is 0.253 e. The van der Waals surface area contributed by atoms with Crippen LogP contribution >= 0.6 is 0 Å². The summed E-state index contributed by atoms with van der Waals surface area (Å²) in [5.74, 6) is 0. The van der Waals surface area contributed by atoms with E-state index in [1.807, 2.05) is 23.1 Å². The number of nitrogen functional groups attached to an aromatic ring is 1. The van der Waals surface area contributed by atoms with Crippen molar-refractivity contribution in [2.45, 2.75) is 0 Å². The van der Waals surface area contributed by atoms with Gasteiger partial charge in [-0.2, -0.15) is 0 Å². The van der Waals surface area contributed by atoms with E-state index in [0.29, 0.717) is 5.69 Å². The van der Waals surface area contributed by atoms with E-state index in [4.69, 9.17) is 5.73 Å². The average Bonchev–Trinajstić information content (AvgIpc) is 2.57. The van der Waals surface area contributed by atoms with Gasteiger partial charge < -0.3 is 10.6 Å². The van der Waals surface area contributed by atoms with Gasteiger partial charge in [0.2, 0.25) is 0 Å². The summed E-state index contributed by atoms with van der Waals surface area (Å²) in [5.41, 5.74) is 6.38. The lowest BCUT2D eigenvalue weighted by Crippen LogP contribution is -2.51. The Bertz CT molecular complexity index is 737. The molecule has 2 aromatic carbocycles. The molecule has 0 radical (unpaired) electrons. The van der Waals surface area contributed by atoms with Crippen LogP contribution in [-0.4, -0.2) is 37.6 Å². The topological polar surface area (TPSA) is 66.6 Å². The second-order valence-electron chi connectivity index (χ2n) is 5.52. The molecule has 0 bridgehead atoms. The van der Waals surface area contributed by atoms with E-state index >= 15 is 0 Å². The Morgan fingerprint density at radius 1 is 1.00 bits per heavy atom. The molecular weight excluding hydrogens is 278 g/mol. The largest absolute Gasteiger partial charge is 0.394 e. The summed E-state index contributed by atoms with van der Waals surface area (Å²) in [7, 11) is 0. The normalized spacial score (nSPS) is 16.6. The number of rotatable bonds is 4. The number of nitrogens with two attached hydrogens (primary N) is 1. The molecule has 2 aromatic rings. The first kappa shape index (κ1) is 14.5. The first-order chi connectivity index (χ1) is 10.7. The van der Waals surface area contributed by atoms with Crippen LogP contribution in [0.3, 0.4) is 0 Å². The van der Waals surface area contributed by atoms with Crippen LogP contribution in [0.5, 0.6) is 0 Å². The Balaban J connectivity index is 1.51. The van der Waals surface area contributed by atoms with Crippen molar-refractivity contribution in [1.82, 2.24) is 4.90 Å². The first-order valence-corrected chi connectivity index (χ1v) is 7.44. The monoisotopic (exact) mass is 297 g/mol. The SMILES string of the molecule is Nc1c(N2CCN(C/C=C/c3ccccc3)CC2)c(=O)c1=O. The molecule has 1 fully saturated rings. The summed E-state index contributed by atoms with van der Waals surface area (Å²) in [6.45, 7) is 4.06. The van der Waals surface area contributed by atoms with E-state index in [0.717, 1.165) is 32.7 Å². The van der Waals surface area contributed by atoms with Gasteiger partial charge in [0.05, 0.1) is 0 Å². The molecule has 2 N–H and O–H groups in total. The second-order valence-corrected chi connectivity index (χ2v) is 5.52. The Labute approximate surface area is 129 Å². The molecule has 0 atom stereocenters. The van der Waals surface area contributed by atoms with Gasteiger partial charge in [-0.25, -0.2) is 0 Å². The molecule has 5 nitrogen and oxygen atoms in total. The molecule has 0 aliphatic carbocycles. The lowest BCUT2D eigenvalue weighted by molar-refractivity contribution is 0.284. The van der Waals surface area contributed by atoms with Crippen LogP contribution in [0, 0.1) is 0 Å². The van der Waals surface area contributed by atoms with Gasteiger partial charge in [-0.3, -0.25) is 14.5 Å². The summed E-state index contributed by atoms with van der Waals surface area (Å²) >= 11 is 0. The van der Waals surface area contributed by atoms with Crippen molar-refractivity contribution in [3.63, 3.8) is 0 Å². The number of piperazine rings is 1. The van der Waals surface area contributed by atoms with Gasteiger partial charge in [0, 0.05) is 32.7 Å². The lowest BCUT2D eigenvalue weighted by Gasteiger charge is -2.36. The molecule has 1 aliphatic heterocycles. The van der Waals surface area contributed by atoms with Gasteiger partial charge in [-0.05, 0) is 5.56 Å². The minimum Gasteiger partial charge on any atom is -0.394 e. The first-order valence-electron chi connectivity index (χ1n) is 7.44. The van der Waals surface area contributed by atoms with Crippen LogP contribution < -0.4 is 21.5 Å². The van der Waals surface area contributed by atoms with Crippen LogP contribution in [-0.2, 0) is 0 Å². The smallest absolute Gasteiger partial charge is 0.253 e. The van der Waals surface area contributed by atoms with Crippen LogP contribution in [0.15, 0.2) is 46.0 Å². The van der Waals surface area contributed by atoms with Crippen LogP contribution in [0.1, 0.15) is 5.56 Å². The Morgan fingerprint density at radius 3 is 2.32 bits per heavy atom. The predicted octanol–water partition coefficient (Wildman–Crippen LogP) is 0.700. The van der Waals surface area contributed by atoms with Crippen LogP contribution in [0.4, 0.5) is 11.4 Å². The van der Waals surface area contributed by atoms with E-state index in [1.54, 1.807) is 0 Å². The molecule has 114 valence electrons. The van der Waals surface area contributed by atoms with Gasteiger partial charge >= 0.3 is 0 Å². The van der Waals surface area contributed by atoms with Crippen molar-refractivity contribution < 1.29 is 0 Å². The molecule has 0 amide bonds. The van der Waals surface area contributed by atoms with E-state index in [1.165, 1.54) is 5.56 Å². The number of anilines is 2.